The van der Waals surface area contributed by atoms with Crippen LogP contribution in [0.5, 0.6) is 0 Å². The van der Waals surface area contributed by atoms with Crippen LogP contribution in [0.25, 0.3) is 0 Å². The van der Waals surface area contributed by atoms with Crippen molar-refractivity contribution < 1.29 is 13.2 Å². The van der Waals surface area contributed by atoms with Crippen LogP contribution < -0.4 is 5.32 Å². The highest BCUT2D eigenvalue weighted by Gasteiger charge is 2.21. The Morgan fingerprint density at radius 1 is 1.19 bits per heavy atom. The predicted octanol–water partition coefficient (Wildman–Crippen LogP) is 4.27. The fraction of sp³-hybridized carbons (Fsp3) is 0.400. The second-order valence-corrected chi connectivity index (χ2v) is 6.11. The number of nitrogens with one attached hydrogen (secondary N) is 1. The Hall–Kier alpha value is -1.40. The molecule has 0 bridgehead atoms. The molecule has 2 nitrogen and oxygen atoms in total. The van der Waals surface area contributed by atoms with Crippen molar-refractivity contribution in [2.75, 3.05) is 6.54 Å². The first kappa shape index (κ1) is 16.0. The van der Waals surface area contributed by atoms with Gasteiger partial charge in [0.2, 0.25) is 0 Å². The Labute approximate surface area is 126 Å². The average molecular weight is 314 g/mol. The van der Waals surface area contributed by atoms with Gasteiger partial charge in [-0.15, -0.1) is 11.3 Å². The zero-order chi connectivity index (χ0) is 15.6. The summed E-state index contributed by atoms with van der Waals surface area (Å²) in [6.45, 7) is 6.49. The molecule has 6 heteroatoms. The number of aromatic nitrogens is 1. The van der Waals surface area contributed by atoms with E-state index in [0.29, 0.717) is 12.1 Å². The topological polar surface area (TPSA) is 24.9 Å². The van der Waals surface area contributed by atoms with Crippen LogP contribution in [0, 0.1) is 31.3 Å². The molecule has 1 unspecified atom stereocenters. The molecule has 1 heterocycles. The van der Waals surface area contributed by atoms with Gasteiger partial charge in [-0.05, 0) is 44.5 Å². The van der Waals surface area contributed by atoms with E-state index in [2.05, 4.69) is 10.3 Å². The van der Waals surface area contributed by atoms with E-state index < -0.39 is 23.5 Å². The first-order chi connectivity index (χ1) is 9.93. The highest BCUT2D eigenvalue weighted by molar-refractivity contribution is 7.11. The van der Waals surface area contributed by atoms with Gasteiger partial charge < -0.3 is 5.32 Å². The van der Waals surface area contributed by atoms with Crippen molar-refractivity contribution in [1.82, 2.24) is 10.3 Å². The molecule has 114 valence electrons. The van der Waals surface area contributed by atoms with Crippen molar-refractivity contribution in [2.45, 2.75) is 33.2 Å². The summed E-state index contributed by atoms with van der Waals surface area (Å²) < 4.78 is 40.0. The molecule has 0 spiro atoms. The molecule has 0 aliphatic rings. The predicted molar refractivity (Wildman–Crippen MR) is 78.0 cm³/mol. The van der Waals surface area contributed by atoms with Crippen molar-refractivity contribution in [1.29, 1.82) is 0 Å². The molecule has 1 N–H and O–H groups in total. The Bertz CT molecular complexity index is 597. The average Bonchev–Trinajstić information content (AvgIpc) is 2.76. The lowest BCUT2D eigenvalue weighted by Gasteiger charge is -2.17. The van der Waals surface area contributed by atoms with Gasteiger partial charge in [-0.1, -0.05) is 6.92 Å². The Kier molecular flexibility index (Phi) is 5.00. The standard InChI is InChI=1S/C15H17F3N2S/c1-4-5-19-14(15-20-8(2)9(3)21-15)10-6-11(16)13(18)12(17)7-10/h6-7,14,19H,4-5H2,1-3H3. The zero-order valence-corrected chi connectivity index (χ0v) is 13.0. The minimum Gasteiger partial charge on any atom is -0.304 e. The third-order valence-corrected chi connectivity index (χ3v) is 4.37. The van der Waals surface area contributed by atoms with Crippen LogP contribution in [0.1, 0.15) is 40.5 Å². The van der Waals surface area contributed by atoms with Gasteiger partial charge in [-0.3, -0.25) is 0 Å². The van der Waals surface area contributed by atoms with E-state index in [1.54, 1.807) is 0 Å². The Morgan fingerprint density at radius 3 is 2.29 bits per heavy atom. The second kappa shape index (κ2) is 6.58. The summed E-state index contributed by atoms with van der Waals surface area (Å²) in [5, 5.41) is 3.93. The summed E-state index contributed by atoms with van der Waals surface area (Å²) in [5.74, 6) is -3.81. The minimum atomic E-state index is -1.44. The summed E-state index contributed by atoms with van der Waals surface area (Å²) in [4.78, 5) is 5.49. The van der Waals surface area contributed by atoms with E-state index in [-0.39, 0.29) is 0 Å². The molecule has 2 aromatic rings. The molecule has 0 radical (unpaired) electrons. The Morgan fingerprint density at radius 2 is 1.81 bits per heavy atom. The minimum absolute atomic E-state index is 0.341. The largest absolute Gasteiger partial charge is 0.304 e. The quantitative estimate of drug-likeness (QED) is 0.834. The summed E-state index contributed by atoms with van der Waals surface area (Å²) in [6, 6.07) is 1.61. The normalized spacial score (nSPS) is 12.7. The van der Waals surface area contributed by atoms with E-state index in [0.717, 1.165) is 34.1 Å². The van der Waals surface area contributed by atoms with E-state index in [1.165, 1.54) is 11.3 Å². The lowest BCUT2D eigenvalue weighted by atomic mass is 10.1. The van der Waals surface area contributed by atoms with E-state index in [9.17, 15) is 13.2 Å². The number of nitrogens with zero attached hydrogens (tertiary/aromatic N) is 1. The van der Waals surface area contributed by atoms with Crippen molar-refractivity contribution >= 4 is 11.3 Å². The molecular weight excluding hydrogens is 297 g/mol. The molecule has 21 heavy (non-hydrogen) atoms. The van der Waals surface area contributed by atoms with Crippen LogP contribution in [0.4, 0.5) is 13.2 Å². The molecule has 0 saturated heterocycles. The summed E-state index contributed by atoms with van der Waals surface area (Å²) in [7, 11) is 0. The van der Waals surface area contributed by atoms with Crippen molar-refractivity contribution in [3.8, 4) is 0 Å². The SMILES string of the molecule is CCCNC(c1cc(F)c(F)c(F)c1)c1nc(C)c(C)s1. The van der Waals surface area contributed by atoms with Crippen LogP contribution in [-0.4, -0.2) is 11.5 Å². The molecule has 1 aromatic carbocycles. The first-order valence-corrected chi connectivity index (χ1v) is 7.57. The van der Waals surface area contributed by atoms with Gasteiger partial charge in [0.05, 0.1) is 11.7 Å². The van der Waals surface area contributed by atoms with Crippen molar-refractivity contribution in [3.05, 3.63) is 50.7 Å². The van der Waals surface area contributed by atoms with Crippen LogP contribution >= 0.6 is 11.3 Å². The van der Waals surface area contributed by atoms with Crippen LogP contribution in [0.3, 0.4) is 0 Å². The van der Waals surface area contributed by atoms with Crippen LogP contribution in [-0.2, 0) is 0 Å². The number of rotatable bonds is 5. The van der Waals surface area contributed by atoms with Gasteiger partial charge in [0, 0.05) is 4.88 Å². The molecule has 2 rings (SSSR count). The molecular formula is C15H17F3N2S. The summed E-state index contributed by atoms with van der Waals surface area (Å²) in [5.41, 5.74) is 1.23. The highest BCUT2D eigenvalue weighted by Crippen LogP contribution is 2.29. The monoisotopic (exact) mass is 314 g/mol. The third kappa shape index (κ3) is 3.44. The van der Waals surface area contributed by atoms with Gasteiger partial charge in [0.1, 0.15) is 5.01 Å². The summed E-state index contributed by atoms with van der Waals surface area (Å²) in [6.07, 6.45) is 0.867. The van der Waals surface area contributed by atoms with Gasteiger partial charge in [-0.2, -0.15) is 0 Å². The summed E-state index contributed by atoms with van der Waals surface area (Å²) >= 11 is 1.47. The maximum Gasteiger partial charge on any atom is 0.194 e. The molecule has 1 atom stereocenters. The first-order valence-electron chi connectivity index (χ1n) is 6.75. The number of thiazole rings is 1. The number of benzene rings is 1. The highest BCUT2D eigenvalue weighted by atomic mass is 32.1. The van der Waals surface area contributed by atoms with Gasteiger partial charge in [-0.25, -0.2) is 18.2 Å². The van der Waals surface area contributed by atoms with Crippen molar-refractivity contribution in [3.63, 3.8) is 0 Å². The second-order valence-electron chi connectivity index (χ2n) is 4.88. The molecule has 0 aliphatic heterocycles. The molecule has 1 aromatic heterocycles. The fourth-order valence-corrected chi connectivity index (χ4v) is 3.03. The Balaban J connectivity index is 2.45. The van der Waals surface area contributed by atoms with E-state index in [1.807, 2.05) is 20.8 Å². The smallest absolute Gasteiger partial charge is 0.194 e. The number of aryl methyl sites for hydroxylation is 2. The lowest BCUT2D eigenvalue weighted by molar-refractivity contribution is 0.442. The maximum atomic E-state index is 13.5. The van der Waals surface area contributed by atoms with E-state index in [4.69, 9.17) is 0 Å². The van der Waals surface area contributed by atoms with E-state index >= 15 is 0 Å². The number of halogens is 3. The van der Waals surface area contributed by atoms with Crippen LogP contribution in [0.15, 0.2) is 12.1 Å². The number of hydrogen-bond acceptors (Lipinski definition) is 3. The van der Waals surface area contributed by atoms with Gasteiger partial charge in [0.25, 0.3) is 0 Å². The third-order valence-electron chi connectivity index (χ3n) is 3.23. The van der Waals surface area contributed by atoms with Crippen LogP contribution in [0.2, 0.25) is 0 Å². The van der Waals surface area contributed by atoms with Gasteiger partial charge in [0.15, 0.2) is 17.5 Å². The lowest BCUT2D eigenvalue weighted by Crippen LogP contribution is -2.23. The van der Waals surface area contributed by atoms with Crippen molar-refractivity contribution in [2.24, 2.45) is 0 Å². The molecule has 0 saturated carbocycles. The number of hydrogen-bond donors (Lipinski definition) is 1. The molecule has 0 aliphatic carbocycles. The molecule has 0 amide bonds. The molecule has 0 fully saturated rings. The maximum absolute atomic E-state index is 13.5. The fourth-order valence-electron chi connectivity index (χ4n) is 2.00. The zero-order valence-electron chi connectivity index (χ0n) is 12.1. The van der Waals surface area contributed by atoms with Gasteiger partial charge >= 0.3 is 0 Å².